The number of likely N-dealkylation sites (tertiary alicyclic amines) is 1. The zero-order valence-electron chi connectivity index (χ0n) is 18.7. The third-order valence-electron chi connectivity index (χ3n) is 6.11. The molecule has 166 valence electrons. The topological polar surface area (TPSA) is 75.7 Å². The van der Waals surface area contributed by atoms with E-state index in [1.807, 2.05) is 61.5 Å². The molecular weight excluding hydrogens is 414 g/mol. The summed E-state index contributed by atoms with van der Waals surface area (Å²) in [4.78, 5) is 6.80. The van der Waals surface area contributed by atoms with Crippen molar-refractivity contribution < 1.29 is 9.47 Å². The average Bonchev–Trinajstić information content (AvgIpc) is 3.50. The van der Waals surface area contributed by atoms with Crippen molar-refractivity contribution >= 4 is 6.34 Å². The summed E-state index contributed by atoms with van der Waals surface area (Å²) in [7, 11) is 1.64. The van der Waals surface area contributed by atoms with Crippen molar-refractivity contribution in [2.45, 2.75) is 25.7 Å². The highest BCUT2D eigenvalue weighted by molar-refractivity contribution is 5.62. The summed E-state index contributed by atoms with van der Waals surface area (Å²) >= 11 is 0. The number of methoxy groups -OCH3 is 1. The number of allylic oxidation sites excluding steroid dienone is 1. The molecule has 1 aromatic heterocycles. The van der Waals surface area contributed by atoms with E-state index in [1.165, 1.54) is 0 Å². The molecular formula is C26H25N5O2. The first-order valence-corrected chi connectivity index (χ1v) is 11.1. The number of aryl methyl sites for hydroxylation is 1. The fourth-order valence-electron chi connectivity index (χ4n) is 4.44. The molecule has 33 heavy (non-hydrogen) atoms. The Morgan fingerprint density at radius 1 is 1.12 bits per heavy atom. The molecule has 2 aliphatic rings. The van der Waals surface area contributed by atoms with Gasteiger partial charge in [-0.25, -0.2) is 9.67 Å². The Hall–Kier alpha value is -4.05. The minimum absolute atomic E-state index is 0.315. The predicted molar refractivity (Wildman–Crippen MR) is 126 cm³/mol. The second kappa shape index (κ2) is 8.83. The van der Waals surface area contributed by atoms with Crippen molar-refractivity contribution in [2.75, 3.05) is 20.2 Å². The van der Waals surface area contributed by atoms with Crippen LogP contribution in [-0.4, -0.2) is 41.2 Å². The third-order valence-corrected chi connectivity index (χ3v) is 6.11. The van der Waals surface area contributed by atoms with Gasteiger partial charge < -0.3 is 14.4 Å². The monoisotopic (exact) mass is 439 g/mol. The highest BCUT2D eigenvalue weighted by Gasteiger charge is 2.37. The normalized spacial score (nSPS) is 17.7. The Bertz CT molecular complexity index is 1250. The third kappa shape index (κ3) is 3.85. The van der Waals surface area contributed by atoms with E-state index in [0.717, 1.165) is 54.2 Å². The van der Waals surface area contributed by atoms with Gasteiger partial charge in [0.2, 0.25) is 11.8 Å². The smallest absolute Gasteiger partial charge is 0.237 e. The number of aliphatic imine (C=N–C) groups is 1. The lowest BCUT2D eigenvalue weighted by atomic mass is 9.84. The van der Waals surface area contributed by atoms with Crippen LogP contribution >= 0.6 is 0 Å². The van der Waals surface area contributed by atoms with E-state index in [0.29, 0.717) is 17.3 Å². The van der Waals surface area contributed by atoms with Gasteiger partial charge in [0, 0.05) is 13.1 Å². The van der Waals surface area contributed by atoms with Crippen molar-refractivity contribution in [3.05, 3.63) is 82.9 Å². The van der Waals surface area contributed by atoms with Gasteiger partial charge in [0.1, 0.15) is 17.4 Å². The summed E-state index contributed by atoms with van der Waals surface area (Å²) in [5, 5.41) is 15.0. The van der Waals surface area contributed by atoms with Crippen LogP contribution in [0, 0.1) is 18.3 Å². The van der Waals surface area contributed by atoms with Crippen molar-refractivity contribution in [3.8, 4) is 23.4 Å². The molecule has 7 nitrogen and oxygen atoms in total. The fourth-order valence-corrected chi connectivity index (χ4v) is 4.44. The number of nitrogens with zero attached hydrogens (tertiary/aromatic N) is 5. The van der Waals surface area contributed by atoms with E-state index < -0.39 is 0 Å². The van der Waals surface area contributed by atoms with E-state index in [9.17, 15) is 5.26 Å². The summed E-state index contributed by atoms with van der Waals surface area (Å²) in [6.07, 6.45) is 4.09. The maximum atomic E-state index is 10.2. The Morgan fingerprint density at radius 2 is 1.85 bits per heavy atom. The van der Waals surface area contributed by atoms with Crippen LogP contribution in [0.4, 0.5) is 0 Å². The van der Waals surface area contributed by atoms with Gasteiger partial charge in [0.25, 0.3) is 0 Å². The molecule has 3 aromatic rings. The molecule has 3 heterocycles. The number of hydrogen-bond donors (Lipinski definition) is 0. The molecule has 0 saturated carbocycles. The van der Waals surface area contributed by atoms with Gasteiger partial charge in [0.15, 0.2) is 0 Å². The molecule has 0 N–H and O–H groups in total. The molecule has 0 spiro atoms. The number of ether oxygens (including phenoxy) is 2. The lowest BCUT2D eigenvalue weighted by Crippen LogP contribution is -2.20. The molecule has 1 atom stereocenters. The van der Waals surface area contributed by atoms with Gasteiger partial charge in [0.05, 0.1) is 36.3 Å². The van der Waals surface area contributed by atoms with Crippen LogP contribution in [0.5, 0.6) is 11.6 Å². The highest BCUT2D eigenvalue weighted by atomic mass is 16.5. The second-order valence-corrected chi connectivity index (χ2v) is 8.18. The summed E-state index contributed by atoms with van der Waals surface area (Å²) in [5.41, 5.74) is 4.00. The van der Waals surface area contributed by atoms with E-state index in [2.05, 4.69) is 16.0 Å². The van der Waals surface area contributed by atoms with Crippen molar-refractivity contribution in [1.29, 1.82) is 5.26 Å². The van der Waals surface area contributed by atoms with Crippen LogP contribution in [0.1, 0.15) is 35.6 Å². The highest BCUT2D eigenvalue weighted by Crippen LogP contribution is 2.46. The quantitative estimate of drug-likeness (QED) is 0.430. The molecule has 0 radical (unpaired) electrons. The Morgan fingerprint density at radius 3 is 2.52 bits per heavy atom. The van der Waals surface area contributed by atoms with E-state index in [4.69, 9.17) is 14.6 Å². The number of hydrogen-bond acceptors (Lipinski definition) is 5. The van der Waals surface area contributed by atoms with Gasteiger partial charge in [-0.3, -0.25) is 0 Å². The van der Waals surface area contributed by atoms with Gasteiger partial charge in [-0.1, -0.05) is 30.3 Å². The minimum atomic E-state index is -0.340. The molecule has 1 unspecified atom stereocenters. The first-order chi connectivity index (χ1) is 16.2. The molecule has 0 aliphatic carbocycles. The summed E-state index contributed by atoms with van der Waals surface area (Å²) in [5.74, 6) is 1.33. The standard InChI is InChI=1S/C26H25N5O2/c1-18-23-24(19-10-12-21(32-2)13-11-19)22(16-27)25(28-17-30-14-6-7-15-30)33-26(23)31(29-18)20-8-4-3-5-9-20/h3-5,8-13,17,24H,6-7,14-15H2,1-2H3/b28-17+. The van der Waals surface area contributed by atoms with Crippen molar-refractivity contribution in [1.82, 2.24) is 14.7 Å². The average molecular weight is 440 g/mol. The molecule has 1 fully saturated rings. The van der Waals surface area contributed by atoms with E-state index in [1.54, 1.807) is 18.1 Å². The Labute approximate surface area is 193 Å². The van der Waals surface area contributed by atoms with E-state index >= 15 is 0 Å². The van der Waals surface area contributed by atoms with Crippen LogP contribution in [0.3, 0.4) is 0 Å². The lowest BCUT2D eigenvalue weighted by Gasteiger charge is -2.25. The fraction of sp³-hybridized carbons (Fsp3) is 0.269. The SMILES string of the molecule is COc1ccc(C2C(C#N)=C(/N=C/N3CCCC3)Oc3c2c(C)nn3-c2ccccc2)cc1. The maximum absolute atomic E-state index is 10.2. The van der Waals surface area contributed by atoms with Crippen molar-refractivity contribution in [3.63, 3.8) is 0 Å². The minimum Gasteiger partial charge on any atom is -0.497 e. The largest absolute Gasteiger partial charge is 0.497 e. The predicted octanol–water partition coefficient (Wildman–Crippen LogP) is 4.57. The van der Waals surface area contributed by atoms with Crippen LogP contribution in [-0.2, 0) is 0 Å². The van der Waals surface area contributed by atoms with E-state index in [-0.39, 0.29) is 5.92 Å². The zero-order valence-corrected chi connectivity index (χ0v) is 18.7. The molecule has 2 aromatic carbocycles. The molecule has 5 rings (SSSR count). The maximum Gasteiger partial charge on any atom is 0.237 e. The molecule has 0 bridgehead atoms. The number of benzene rings is 2. The van der Waals surface area contributed by atoms with Crippen LogP contribution in [0.25, 0.3) is 5.69 Å². The number of aromatic nitrogens is 2. The van der Waals surface area contributed by atoms with Gasteiger partial charge in [-0.15, -0.1) is 0 Å². The number of rotatable bonds is 5. The summed E-state index contributed by atoms with van der Waals surface area (Å²) in [6, 6.07) is 20.0. The van der Waals surface area contributed by atoms with Crippen LogP contribution in [0.15, 0.2) is 71.0 Å². The zero-order chi connectivity index (χ0) is 22.8. The number of fused-ring (bicyclic) bond motifs is 1. The van der Waals surface area contributed by atoms with Gasteiger partial charge >= 0.3 is 0 Å². The molecule has 1 saturated heterocycles. The number of para-hydroxylation sites is 1. The molecule has 2 aliphatic heterocycles. The second-order valence-electron chi connectivity index (χ2n) is 8.18. The van der Waals surface area contributed by atoms with Crippen LogP contribution < -0.4 is 9.47 Å². The summed E-state index contributed by atoms with van der Waals surface area (Å²) in [6.45, 7) is 3.88. The van der Waals surface area contributed by atoms with Gasteiger partial charge in [-0.2, -0.15) is 10.4 Å². The first-order valence-electron chi connectivity index (χ1n) is 11.1. The Balaban J connectivity index is 1.67. The lowest BCUT2D eigenvalue weighted by molar-refractivity contribution is 0.366. The first kappa shape index (κ1) is 20.8. The Kier molecular flexibility index (Phi) is 5.57. The van der Waals surface area contributed by atoms with Crippen molar-refractivity contribution in [2.24, 2.45) is 4.99 Å². The molecule has 0 amide bonds. The summed E-state index contributed by atoms with van der Waals surface area (Å²) < 4.78 is 13.4. The van der Waals surface area contributed by atoms with Crippen LogP contribution in [0.2, 0.25) is 0 Å². The molecule has 7 heteroatoms. The van der Waals surface area contributed by atoms with Gasteiger partial charge in [-0.05, 0) is 49.6 Å². The number of nitriles is 1.